The Labute approximate surface area is 226 Å². The molecule has 3 aromatic rings. The van der Waals surface area contributed by atoms with E-state index in [4.69, 9.17) is 16.9 Å². The highest BCUT2D eigenvalue weighted by molar-refractivity contribution is 5.95. The fourth-order valence-corrected chi connectivity index (χ4v) is 4.12. The van der Waals surface area contributed by atoms with Crippen LogP contribution in [0.15, 0.2) is 53.5 Å². The van der Waals surface area contributed by atoms with Gasteiger partial charge in [0, 0.05) is 41.5 Å². The van der Waals surface area contributed by atoms with Gasteiger partial charge in [0.25, 0.3) is 5.56 Å². The van der Waals surface area contributed by atoms with Crippen LogP contribution < -0.4 is 33.0 Å². The molecule has 4 rings (SSSR count). The van der Waals surface area contributed by atoms with Gasteiger partial charge in [-0.25, -0.2) is 4.98 Å². The average molecular weight is 531 g/mol. The van der Waals surface area contributed by atoms with Crippen LogP contribution in [0.5, 0.6) is 0 Å². The van der Waals surface area contributed by atoms with Crippen molar-refractivity contribution in [3.05, 3.63) is 70.1 Å². The smallest absolute Gasteiger partial charge is 0.294 e. The van der Waals surface area contributed by atoms with Gasteiger partial charge in [-0.1, -0.05) is 24.3 Å². The minimum Gasteiger partial charge on any atom is -0.399 e. The normalized spacial score (nSPS) is 12.7. The number of hydrogen-bond donors (Lipinski definition) is 6. The van der Waals surface area contributed by atoms with E-state index in [9.17, 15) is 14.4 Å². The maximum atomic E-state index is 13.4. The van der Waals surface area contributed by atoms with Crippen LogP contribution in [0.2, 0.25) is 0 Å². The number of nitrogens with two attached hydrogens (primary N) is 2. The number of nitrogen functional groups attached to an aromatic ring is 2. The molecule has 0 spiro atoms. The van der Waals surface area contributed by atoms with Crippen molar-refractivity contribution in [1.82, 2.24) is 14.9 Å². The Balaban J connectivity index is 1.59. The van der Waals surface area contributed by atoms with Crippen molar-refractivity contribution in [2.45, 2.75) is 52.2 Å². The summed E-state index contributed by atoms with van der Waals surface area (Å²) in [4.78, 5) is 43.1. The van der Waals surface area contributed by atoms with E-state index in [0.29, 0.717) is 40.5 Å². The van der Waals surface area contributed by atoms with Crippen LogP contribution in [0.3, 0.4) is 0 Å². The molecule has 1 heterocycles. The van der Waals surface area contributed by atoms with Gasteiger partial charge in [-0.3, -0.25) is 24.4 Å². The van der Waals surface area contributed by atoms with E-state index in [0.717, 1.165) is 18.4 Å². The highest BCUT2D eigenvalue weighted by atomic mass is 16.2. The lowest BCUT2D eigenvalue weighted by Crippen LogP contribution is -2.35. The Kier molecular flexibility index (Phi) is 8.28. The highest BCUT2D eigenvalue weighted by Crippen LogP contribution is 2.33. The minimum absolute atomic E-state index is 0.0341. The van der Waals surface area contributed by atoms with Gasteiger partial charge < -0.3 is 27.4 Å². The Bertz CT molecular complexity index is 1440. The molecule has 204 valence electrons. The molecule has 0 bridgehead atoms. The van der Waals surface area contributed by atoms with Gasteiger partial charge >= 0.3 is 0 Å². The van der Waals surface area contributed by atoms with E-state index in [1.54, 1.807) is 42.5 Å². The molecule has 1 saturated carbocycles. The minimum atomic E-state index is -0.455. The maximum Gasteiger partial charge on any atom is 0.294 e. The third-order valence-corrected chi connectivity index (χ3v) is 6.24. The molecule has 2 aromatic carbocycles. The molecule has 0 radical (unpaired) electrons. The van der Waals surface area contributed by atoms with E-state index in [1.165, 1.54) is 10.8 Å². The molecule has 0 unspecified atom stereocenters. The summed E-state index contributed by atoms with van der Waals surface area (Å²) >= 11 is 0. The van der Waals surface area contributed by atoms with Crippen LogP contribution in [-0.4, -0.2) is 33.2 Å². The van der Waals surface area contributed by atoms with Gasteiger partial charge in [-0.15, -0.1) is 0 Å². The number of rotatable bonds is 11. The van der Waals surface area contributed by atoms with E-state index < -0.39 is 5.56 Å². The van der Waals surface area contributed by atoms with E-state index in [-0.39, 0.29) is 42.6 Å². The topological polar surface area (TPSA) is 181 Å². The monoisotopic (exact) mass is 530 g/mol. The number of anilines is 3. The second kappa shape index (κ2) is 11.8. The van der Waals surface area contributed by atoms with Gasteiger partial charge in [0.1, 0.15) is 12.4 Å². The molecule has 0 saturated heterocycles. The predicted molar refractivity (Wildman–Crippen MR) is 152 cm³/mol. The van der Waals surface area contributed by atoms with E-state index >= 15 is 0 Å². The van der Waals surface area contributed by atoms with Crippen LogP contribution in [-0.2, 0) is 22.7 Å². The molecule has 1 aliphatic rings. The lowest BCUT2D eigenvalue weighted by Gasteiger charge is -2.17. The maximum absolute atomic E-state index is 13.4. The van der Waals surface area contributed by atoms with Crippen LogP contribution in [0.1, 0.15) is 44.2 Å². The molecule has 2 amide bonds. The third kappa shape index (κ3) is 7.44. The first kappa shape index (κ1) is 27.4. The third-order valence-electron chi connectivity index (χ3n) is 6.24. The van der Waals surface area contributed by atoms with Gasteiger partial charge in [0.2, 0.25) is 11.8 Å². The number of nitrogens with one attached hydrogen (secondary N) is 4. The number of benzene rings is 2. The molecular formula is C28H34N8O3. The zero-order valence-corrected chi connectivity index (χ0v) is 22.1. The molecule has 39 heavy (non-hydrogen) atoms. The summed E-state index contributed by atoms with van der Waals surface area (Å²) in [6, 6.07) is 12.0. The summed E-state index contributed by atoms with van der Waals surface area (Å²) < 4.78 is 1.34. The van der Waals surface area contributed by atoms with Gasteiger partial charge in [0.15, 0.2) is 5.82 Å². The Morgan fingerprint density at radius 3 is 2.49 bits per heavy atom. The first-order valence-electron chi connectivity index (χ1n) is 12.9. The summed E-state index contributed by atoms with van der Waals surface area (Å²) in [6.07, 6.45) is 4.11. The first-order valence-corrected chi connectivity index (χ1v) is 12.9. The first-order chi connectivity index (χ1) is 18.6. The lowest BCUT2D eigenvalue weighted by molar-refractivity contribution is -0.122. The fourth-order valence-electron chi connectivity index (χ4n) is 4.12. The van der Waals surface area contributed by atoms with Crippen LogP contribution in [0, 0.1) is 11.3 Å². The van der Waals surface area contributed by atoms with Crippen molar-refractivity contribution in [2.75, 3.05) is 16.4 Å². The molecule has 1 aliphatic carbocycles. The molecule has 11 heteroatoms. The largest absolute Gasteiger partial charge is 0.399 e. The number of carbonyl (C=O) groups excluding carboxylic acids is 2. The highest BCUT2D eigenvalue weighted by Gasteiger charge is 2.24. The van der Waals surface area contributed by atoms with Gasteiger partial charge in [-0.2, -0.15) is 0 Å². The number of nitrogens with zero attached hydrogens (tertiary/aromatic N) is 2. The summed E-state index contributed by atoms with van der Waals surface area (Å²) in [5.74, 6) is 0.0669. The lowest BCUT2D eigenvalue weighted by atomic mass is 10.1. The Morgan fingerprint density at radius 1 is 1.13 bits per heavy atom. The molecule has 0 atom stereocenters. The summed E-state index contributed by atoms with van der Waals surface area (Å²) in [5, 5.41) is 16.2. The van der Waals surface area contributed by atoms with Crippen molar-refractivity contribution >= 4 is 34.8 Å². The van der Waals surface area contributed by atoms with Crippen molar-refractivity contribution in [3.63, 3.8) is 0 Å². The molecule has 8 N–H and O–H groups in total. The summed E-state index contributed by atoms with van der Waals surface area (Å²) in [6.45, 7) is 3.75. The standard InChI is InChI=1S/C28H34N8O3/c1-16(2)34-27-28(39)36(15-25(38)32-13-18-5-7-19(8-6-18)26(30)31)23(14-33-27)20-10-21(29)12-22(11-20)35-24(37)9-17-3-4-17/h5-8,10-12,14,16-17H,3-4,9,13,15,29H2,1-2H3,(H3,30,31)(H,32,38)(H,33,34)(H,35,37). The molecule has 0 aliphatic heterocycles. The van der Waals surface area contributed by atoms with Crippen molar-refractivity contribution < 1.29 is 9.59 Å². The quantitative estimate of drug-likeness (QED) is 0.125. The van der Waals surface area contributed by atoms with E-state index in [1.807, 2.05) is 13.8 Å². The molecule has 1 fully saturated rings. The Hall–Kier alpha value is -4.67. The predicted octanol–water partition coefficient (Wildman–Crippen LogP) is 2.65. The number of aromatic nitrogens is 2. The molecule has 11 nitrogen and oxygen atoms in total. The molecule has 1 aromatic heterocycles. The van der Waals surface area contributed by atoms with Crippen molar-refractivity contribution in [3.8, 4) is 11.3 Å². The Morgan fingerprint density at radius 2 is 1.85 bits per heavy atom. The number of amidine groups is 1. The zero-order chi connectivity index (χ0) is 28.1. The second-order valence-electron chi connectivity index (χ2n) is 10.1. The van der Waals surface area contributed by atoms with Gasteiger partial charge in [0.05, 0.1) is 11.9 Å². The fraction of sp³-hybridized carbons (Fsp3) is 0.321. The van der Waals surface area contributed by atoms with Crippen LogP contribution in [0.4, 0.5) is 17.2 Å². The number of amides is 2. The summed E-state index contributed by atoms with van der Waals surface area (Å²) in [7, 11) is 0. The number of carbonyl (C=O) groups is 2. The summed E-state index contributed by atoms with van der Waals surface area (Å²) in [5.41, 5.74) is 14.4. The van der Waals surface area contributed by atoms with Crippen LogP contribution in [0.25, 0.3) is 11.3 Å². The van der Waals surface area contributed by atoms with Crippen LogP contribution >= 0.6 is 0 Å². The molecular weight excluding hydrogens is 496 g/mol. The number of hydrogen-bond acceptors (Lipinski definition) is 7. The zero-order valence-electron chi connectivity index (χ0n) is 22.1. The SMILES string of the molecule is CC(C)Nc1ncc(-c2cc(N)cc(NC(=O)CC3CC3)c2)n(CC(=O)NCc2ccc(C(=N)N)cc2)c1=O. The van der Waals surface area contributed by atoms with E-state index in [2.05, 4.69) is 20.9 Å². The average Bonchev–Trinajstić information content (AvgIpc) is 3.68. The van der Waals surface area contributed by atoms with Crippen molar-refractivity contribution in [1.29, 1.82) is 5.41 Å². The van der Waals surface area contributed by atoms with Gasteiger partial charge in [-0.05, 0) is 56.4 Å². The van der Waals surface area contributed by atoms with Crippen molar-refractivity contribution in [2.24, 2.45) is 11.7 Å². The second-order valence-corrected chi connectivity index (χ2v) is 10.1.